The first-order valence-electron chi connectivity index (χ1n) is 9.24. The molecule has 1 atom stereocenters. The highest BCUT2D eigenvalue weighted by molar-refractivity contribution is 7.08. The van der Waals surface area contributed by atoms with Gasteiger partial charge in [-0.25, -0.2) is 4.79 Å². The van der Waals surface area contributed by atoms with E-state index in [9.17, 15) is 4.79 Å². The van der Waals surface area contributed by atoms with Crippen LogP contribution in [0.25, 0.3) is 0 Å². The zero-order valence-corrected chi connectivity index (χ0v) is 18.5. The van der Waals surface area contributed by atoms with Gasteiger partial charge in [-0.1, -0.05) is 54.2 Å². The molecule has 0 saturated carbocycles. The van der Waals surface area contributed by atoms with Crippen molar-refractivity contribution >= 4 is 25.7 Å². The summed E-state index contributed by atoms with van der Waals surface area (Å²) in [6.07, 6.45) is 3.02. The molecular formula is C20H31NO3SSi. The minimum absolute atomic E-state index is 0.193. The molecule has 1 amide bonds. The van der Waals surface area contributed by atoms with E-state index in [1.165, 1.54) is 0 Å². The Balaban J connectivity index is 2.33. The average molecular weight is 394 g/mol. The van der Waals surface area contributed by atoms with E-state index in [2.05, 4.69) is 53.5 Å². The molecule has 0 aromatic carbocycles. The quantitative estimate of drug-likeness (QED) is 0.376. The number of nitrogens with zero attached hydrogens (tertiary/aromatic N) is 1. The van der Waals surface area contributed by atoms with Crippen molar-refractivity contribution in [1.29, 1.82) is 0 Å². The normalized spacial score (nSPS) is 17.3. The molecule has 2 heterocycles. The molecule has 2 rings (SSSR count). The standard InChI is InChI=1S/C20H31NO3SSi/c1-8-10-23-20(22)21-12-18(19(21)17-9-11-25-13-17)24-26(14(2)3,15(4)5)16(6)7/h8-9,11-16,19H,1,10H2,2-7H3. The largest absolute Gasteiger partial charge is 0.543 e. The average Bonchev–Trinajstić information content (AvgIpc) is 3.04. The molecule has 0 saturated heterocycles. The topological polar surface area (TPSA) is 38.8 Å². The molecule has 4 nitrogen and oxygen atoms in total. The molecule has 26 heavy (non-hydrogen) atoms. The molecular weight excluding hydrogens is 362 g/mol. The zero-order chi connectivity index (χ0) is 19.5. The van der Waals surface area contributed by atoms with Gasteiger partial charge in [0, 0.05) is 0 Å². The molecule has 0 N–H and O–H groups in total. The Morgan fingerprint density at radius 1 is 1.27 bits per heavy atom. The van der Waals surface area contributed by atoms with Crippen LogP contribution in [0.1, 0.15) is 53.1 Å². The maximum Gasteiger partial charge on any atom is 0.415 e. The van der Waals surface area contributed by atoms with E-state index in [1.54, 1.807) is 22.3 Å². The summed E-state index contributed by atoms with van der Waals surface area (Å²) in [7, 11) is -2.06. The third-order valence-corrected chi connectivity index (χ3v) is 11.9. The van der Waals surface area contributed by atoms with Gasteiger partial charge in [-0.15, -0.1) is 0 Å². The van der Waals surface area contributed by atoms with Crippen LogP contribution < -0.4 is 0 Å². The van der Waals surface area contributed by atoms with Crippen molar-refractivity contribution in [3.05, 3.63) is 47.0 Å². The SMILES string of the molecule is C=CCOC(=O)N1C=C(O[Si](C(C)C)(C(C)C)C(C)C)C1c1ccsc1. The summed E-state index contributed by atoms with van der Waals surface area (Å²) >= 11 is 1.62. The molecule has 1 unspecified atom stereocenters. The summed E-state index contributed by atoms with van der Waals surface area (Å²) in [5, 5.41) is 4.09. The van der Waals surface area contributed by atoms with Gasteiger partial charge in [0.05, 0.1) is 6.20 Å². The van der Waals surface area contributed by atoms with Crippen molar-refractivity contribution in [2.24, 2.45) is 0 Å². The Morgan fingerprint density at radius 3 is 2.35 bits per heavy atom. The van der Waals surface area contributed by atoms with Crippen molar-refractivity contribution < 1.29 is 14.0 Å². The smallest absolute Gasteiger partial charge is 0.415 e. The molecule has 6 heteroatoms. The van der Waals surface area contributed by atoms with Crippen LogP contribution in [0, 0.1) is 0 Å². The lowest BCUT2D eigenvalue weighted by Gasteiger charge is -2.48. The van der Waals surface area contributed by atoms with Crippen molar-refractivity contribution in [2.75, 3.05) is 6.61 Å². The van der Waals surface area contributed by atoms with Crippen LogP contribution in [0.2, 0.25) is 16.6 Å². The first-order chi connectivity index (χ1) is 12.3. The number of rotatable bonds is 8. The van der Waals surface area contributed by atoms with Gasteiger partial charge in [0.1, 0.15) is 18.4 Å². The minimum Gasteiger partial charge on any atom is -0.543 e. The molecule has 0 fully saturated rings. The number of hydrogen-bond acceptors (Lipinski definition) is 4. The van der Waals surface area contributed by atoms with E-state index in [0.29, 0.717) is 16.6 Å². The van der Waals surface area contributed by atoms with Gasteiger partial charge >= 0.3 is 6.09 Å². The molecule has 1 aromatic rings. The van der Waals surface area contributed by atoms with Crippen molar-refractivity contribution in [3.8, 4) is 0 Å². The maximum absolute atomic E-state index is 12.4. The number of ether oxygens (including phenoxy) is 1. The van der Waals surface area contributed by atoms with E-state index in [4.69, 9.17) is 9.16 Å². The van der Waals surface area contributed by atoms with Gasteiger partial charge in [-0.2, -0.15) is 11.3 Å². The minimum atomic E-state index is -2.06. The first-order valence-corrected chi connectivity index (χ1v) is 12.3. The summed E-state index contributed by atoms with van der Waals surface area (Å²) in [4.78, 5) is 14.0. The molecule has 1 aliphatic heterocycles. The van der Waals surface area contributed by atoms with Gasteiger partial charge in [0.25, 0.3) is 8.32 Å². The fourth-order valence-corrected chi connectivity index (χ4v) is 10.1. The second-order valence-electron chi connectivity index (χ2n) is 7.68. The Morgan fingerprint density at radius 2 is 1.88 bits per heavy atom. The van der Waals surface area contributed by atoms with Crippen LogP contribution in [-0.4, -0.2) is 25.9 Å². The molecule has 0 radical (unpaired) electrons. The summed E-state index contributed by atoms with van der Waals surface area (Å²) < 4.78 is 12.0. The van der Waals surface area contributed by atoms with E-state index in [0.717, 1.165) is 11.3 Å². The summed E-state index contributed by atoms with van der Waals surface area (Å²) in [5.41, 5.74) is 2.51. The molecule has 144 valence electrons. The molecule has 1 aromatic heterocycles. The molecule has 1 aliphatic rings. The second kappa shape index (κ2) is 8.44. The molecule has 0 bridgehead atoms. The second-order valence-corrected chi connectivity index (χ2v) is 13.8. The Bertz CT molecular complexity index is 630. The zero-order valence-electron chi connectivity index (χ0n) is 16.7. The van der Waals surface area contributed by atoms with Gasteiger partial charge in [-0.3, -0.25) is 4.90 Å². The summed E-state index contributed by atoms with van der Waals surface area (Å²) in [6.45, 7) is 17.4. The monoisotopic (exact) mass is 393 g/mol. The fraction of sp³-hybridized carbons (Fsp3) is 0.550. The third-order valence-electron chi connectivity index (χ3n) is 5.21. The van der Waals surface area contributed by atoms with Gasteiger partial charge in [0.15, 0.2) is 0 Å². The predicted octanol–water partition coefficient (Wildman–Crippen LogP) is 6.46. The van der Waals surface area contributed by atoms with Gasteiger partial charge < -0.3 is 9.16 Å². The molecule has 0 aliphatic carbocycles. The number of thiophene rings is 1. The molecule has 0 spiro atoms. The van der Waals surface area contributed by atoms with E-state index in [1.807, 2.05) is 17.6 Å². The van der Waals surface area contributed by atoms with Gasteiger partial charge in [-0.05, 0) is 39.0 Å². The first kappa shape index (κ1) is 20.8. The Kier molecular flexibility index (Phi) is 6.74. The Labute approximate surface area is 162 Å². The van der Waals surface area contributed by atoms with Crippen LogP contribution in [0.15, 0.2) is 41.4 Å². The fourth-order valence-electron chi connectivity index (χ4n) is 4.10. The number of hydrogen-bond donors (Lipinski definition) is 0. The van der Waals surface area contributed by atoms with E-state index < -0.39 is 8.32 Å². The Hall–Kier alpha value is -1.53. The highest BCUT2D eigenvalue weighted by Gasteiger charge is 2.50. The van der Waals surface area contributed by atoms with E-state index in [-0.39, 0.29) is 18.7 Å². The predicted molar refractivity (Wildman–Crippen MR) is 111 cm³/mol. The summed E-state index contributed by atoms with van der Waals surface area (Å²) in [6, 6.07) is 1.85. The highest BCUT2D eigenvalue weighted by atomic mass is 32.1. The number of carbonyl (C=O) groups is 1. The van der Waals surface area contributed by atoms with Crippen LogP contribution in [0.4, 0.5) is 4.79 Å². The summed E-state index contributed by atoms with van der Waals surface area (Å²) in [5.74, 6) is 0.890. The van der Waals surface area contributed by atoms with Crippen molar-refractivity contribution in [2.45, 2.75) is 64.2 Å². The van der Waals surface area contributed by atoms with Crippen molar-refractivity contribution in [3.63, 3.8) is 0 Å². The van der Waals surface area contributed by atoms with Crippen LogP contribution >= 0.6 is 11.3 Å². The highest BCUT2D eigenvalue weighted by Crippen LogP contribution is 2.48. The van der Waals surface area contributed by atoms with Crippen LogP contribution in [0.3, 0.4) is 0 Å². The number of amides is 1. The third kappa shape index (κ3) is 3.76. The lowest BCUT2D eigenvalue weighted by atomic mass is 10.0. The van der Waals surface area contributed by atoms with Crippen LogP contribution in [0.5, 0.6) is 0 Å². The lowest BCUT2D eigenvalue weighted by Crippen LogP contribution is -2.51. The lowest BCUT2D eigenvalue weighted by molar-refractivity contribution is 0.0935. The van der Waals surface area contributed by atoms with Crippen molar-refractivity contribution in [1.82, 2.24) is 4.90 Å². The number of carbonyl (C=O) groups excluding carboxylic acids is 1. The van der Waals surface area contributed by atoms with Crippen LogP contribution in [-0.2, 0) is 9.16 Å². The van der Waals surface area contributed by atoms with E-state index >= 15 is 0 Å². The maximum atomic E-state index is 12.4. The van der Waals surface area contributed by atoms with Gasteiger partial charge in [0.2, 0.25) is 0 Å².